The van der Waals surface area contributed by atoms with Crippen LogP contribution >= 0.6 is 0 Å². The smallest absolute Gasteiger partial charge is 0.249 e. The van der Waals surface area contributed by atoms with Crippen molar-refractivity contribution in [2.24, 2.45) is 11.5 Å². The molecule has 0 unspecified atom stereocenters. The number of rotatable bonds is 5. The Labute approximate surface area is 112 Å². The number of ether oxygens (including phenoxy) is 1. The fourth-order valence-corrected chi connectivity index (χ4v) is 1.81. The third-order valence-corrected chi connectivity index (χ3v) is 2.81. The van der Waals surface area contributed by atoms with Crippen LogP contribution in [0.5, 0.6) is 5.75 Å². The summed E-state index contributed by atoms with van der Waals surface area (Å²) in [5, 5.41) is 0. The standard InChI is InChI=1S/C15H16N2O2/c16-9-11-4-3-6-13(8-11)19-10-12-5-1-2-7-14(12)15(17)18/h1-8H,9-10,16H2,(H2,17,18). The van der Waals surface area contributed by atoms with E-state index in [1.807, 2.05) is 36.4 Å². The Kier molecular flexibility index (Phi) is 4.15. The number of hydrogen-bond acceptors (Lipinski definition) is 3. The number of carbonyl (C=O) groups excluding carboxylic acids is 1. The van der Waals surface area contributed by atoms with Gasteiger partial charge in [0.25, 0.3) is 0 Å². The van der Waals surface area contributed by atoms with E-state index >= 15 is 0 Å². The molecule has 4 heteroatoms. The third-order valence-electron chi connectivity index (χ3n) is 2.81. The van der Waals surface area contributed by atoms with Crippen LogP contribution in [0.1, 0.15) is 21.5 Å². The van der Waals surface area contributed by atoms with E-state index in [4.69, 9.17) is 16.2 Å². The van der Waals surface area contributed by atoms with Gasteiger partial charge in [0.1, 0.15) is 12.4 Å². The maximum Gasteiger partial charge on any atom is 0.249 e. The molecular formula is C15H16N2O2. The first kappa shape index (κ1) is 13.1. The molecule has 4 N–H and O–H groups in total. The molecule has 0 saturated heterocycles. The Bertz CT molecular complexity index is 582. The number of nitrogens with two attached hydrogens (primary N) is 2. The number of benzene rings is 2. The molecule has 2 aromatic carbocycles. The maximum absolute atomic E-state index is 11.3. The first-order valence-corrected chi connectivity index (χ1v) is 6.00. The van der Waals surface area contributed by atoms with E-state index < -0.39 is 5.91 Å². The Morgan fingerprint density at radius 1 is 1.11 bits per heavy atom. The number of amides is 1. The molecule has 2 rings (SSSR count). The van der Waals surface area contributed by atoms with Gasteiger partial charge in [0.05, 0.1) is 0 Å². The predicted octanol–water partition coefficient (Wildman–Crippen LogP) is 1.82. The molecule has 0 fully saturated rings. The highest BCUT2D eigenvalue weighted by atomic mass is 16.5. The zero-order valence-electron chi connectivity index (χ0n) is 10.5. The molecule has 0 spiro atoms. The van der Waals surface area contributed by atoms with Crippen molar-refractivity contribution < 1.29 is 9.53 Å². The van der Waals surface area contributed by atoms with Gasteiger partial charge in [-0.15, -0.1) is 0 Å². The summed E-state index contributed by atoms with van der Waals surface area (Å²) in [6.45, 7) is 0.766. The van der Waals surface area contributed by atoms with Gasteiger partial charge in [-0.05, 0) is 23.8 Å². The molecule has 0 aliphatic rings. The van der Waals surface area contributed by atoms with E-state index in [9.17, 15) is 4.79 Å². The summed E-state index contributed by atoms with van der Waals surface area (Å²) in [5.41, 5.74) is 13.1. The molecule has 1 amide bonds. The van der Waals surface area contributed by atoms with Crippen LogP contribution in [0.2, 0.25) is 0 Å². The lowest BCUT2D eigenvalue weighted by Crippen LogP contribution is -2.14. The van der Waals surface area contributed by atoms with Crippen LogP contribution in [0.25, 0.3) is 0 Å². The van der Waals surface area contributed by atoms with Crippen LogP contribution < -0.4 is 16.2 Å². The monoisotopic (exact) mass is 256 g/mol. The minimum atomic E-state index is -0.449. The van der Waals surface area contributed by atoms with Crippen molar-refractivity contribution in [3.05, 3.63) is 65.2 Å². The van der Waals surface area contributed by atoms with Gasteiger partial charge in [-0.25, -0.2) is 0 Å². The summed E-state index contributed by atoms with van der Waals surface area (Å²) >= 11 is 0. The Hall–Kier alpha value is -2.33. The molecule has 0 saturated carbocycles. The topological polar surface area (TPSA) is 78.3 Å². The van der Waals surface area contributed by atoms with E-state index in [2.05, 4.69) is 0 Å². The zero-order valence-corrected chi connectivity index (χ0v) is 10.5. The largest absolute Gasteiger partial charge is 0.489 e. The van der Waals surface area contributed by atoms with Gasteiger partial charge >= 0.3 is 0 Å². The maximum atomic E-state index is 11.3. The van der Waals surface area contributed by atoms with Gasteiger partial charge in [0.15, 0.2) is 0 Å². The highest BCUT2D eigenvalue weighted by molar-refractivity contribution is 5.94. The van der Waals surface area contributed by atoms with Crippen LogP contribution in [-0.2, 0) is 13.2 Å². The quantitative estimate of drug-likeness (QED) is 0.856. The molecule has 0 radical (unpaired) electrons. The number of primary amides is 1. The van der Waals surface area contributed by atoms with Crippen molar-refractivity contribution in [3.63, 3.8) is 0 Å². The first-order chi connectivity index (χ1) is 9.20. The summed E-state index contributed by atoms with van der Waals surface area (Å²) in [6.07, 6.45) is 0. The van der Waals surface area contributed by atoms with Gasteiger partial charge in [0.2, 0.25) is 5.91 Å². The van der Waals surface area contributed by atoms with Crippen LogP contribution in [0.4, 0.5) is 0 Å². The van der Waals surface area contributed by atoms with E-state index in [0.717, 1.165) is 16.9 Å². The van der Waals surface area contributed by atoms with Crippen molar-refractivity contribution in [1.29, 1.82) is 0 Å². The molecule has 0 aliphatic carbocycles. The van der Waals surface area contributed by atoms with Gasteiger partial charge < -0.3 is 16.2 Å². The molecule has 0 aromatic heterocycles. The average Bonchev–Trinajstić information content (AvgIpc) is 2.45. The SMILES string of the molecule is NCc1cccc(OCc2ccccc2C(N)=O)c1. The van der Waals surface area contributed by atoms with E-state index in [0.29, 0.717) is 18.7 Å². The van der Waals surface area contributed by atoms with Crippen LogP contribution in [0.3, 0.4) is 0 Å². The van der Waals surface area contributed by atoms with Gasteiger partial charge in [0, 0.05) is 17.7 Å². The van der Waals surface area contributed by atoms with Gasteiger partial charge in [-0.2, -0.15) is 0 Å². The molecule has 98 valence electrons. The molecule has 2 aromatic rings. The van der Waals surface area contributed by atoms with E-state index in [1.54, 1.807) is 12.1 Å². The normalized spacial score (nSPS) is 10.2. The number of carbonyl (C=O) groups is 1. The van der Waals surface area contributed by atoms with E-state index in [-0.39, 0.29) is 0 Å². The lowest BCUT2D eigenvalue weighted by Gasteiger charge is -2.09. The zero-order chi connectivity index (χ0) is 13.7. The lowest BCUT2D eigenvalue weighted by atomic mass is 10.1. The van der Waals surface area contributed by atoms with Crippen molar-refractivity contribution in [1.82, 2.24) is 0 Å². The van der Waals surface area contributed by atoms with Crippen LogP contribution in [-0.4, -0.2) is 5.91 Å². The van der Waals surface area contributed by atoms with Crippen LogP contribution in [0.15, 0.2) is 48.5 Å². The minimum absolute atomic E-state index is 0.299. The first-order valence-electron chi connectivity index (χ1n) is 6.00. The van der Waals surface area contributed by atoms with Gasteiger partial charge in [-0.1, -0.05) is 30.3 Å². The second kappa shape index (κ2) is 6.02. The Morgan fingerprint density at radius 2 is 1.89 bits per heavy atom. The van der Waals surface area contributed by atoms with Gasteiger partial charge in [-0.3, -0.25) is 4.79 Å². The van der Waals surface area contributed by atoms with Crippen molar-refractivity contribution >= 4 is 5.91 Å². The van der Waals surface area contributed by atoms with Crippen LogP contribution in [0, 0.1) is 0 Å². The summed E-state index contributed by atoms with van der Waals surface area (Å²) in [7, 11) is 0. The van der Waals surface area contributed by atoms with Crippen molar-refractivity contribution in [3.8, 4) is 5.75 Å². The molecular weight excluding hydrogens is 240 g/mol. The highest BCUT2D eigenvalue weighted by Crippen LogP contribution is 2.16. The molecule has 0 aliphatic heterocycles. The fraction of sp³-hybridized carbons (Fsp3) is 0.133. The summed E-state index contributed by atoms with van der Waals surface area (Å²) < 4.78 is 5.66. The lowest BCUT2D eigenvalue weighted by molar-refractivity contribution is 0.0998. The predicted molar refractivity (Wildman–Crippen MR) is 73.6 cm³/mol. The third kappa shape index (κ3) is 3.33. The summed E-state index contributed by atoms with van der Waals surface area (Å²) in [5.74, 6) is 0.275. The molecule has 0 bridgehead atoms. The second-order valence-corrected chi connectivity index (χ2v) is 4.16. The molecule has 0 heterocycles. The van der Waals surface area contributed by atoms with Crippen molar-refractivity contribution in [2.75, 3.05) is 0 Å². The van der Waals surface area contributed by atoms with Crippen molar-refractivity contribution in [2.45, 2.75) is 13.2 Å². The molecule has 4 nitrogen and oxygen atoms in total. The Balaban J connectivity index is 2.12. The fourth-order valence-electron chi connectivity index (χ4n) is 1.81. The Morgan fingerprint density at radius 3 is 2.63 bits per heavy atom. The minimum Gasteiger partial charge on any atom is -0.489 e. The summed E-state index contributed by atoms with van der Waals surface area (Å²) in [4.78, 5) is 11.3. The average molecular weight is 256 g/mol. The number of hydrogen-bond donors (Lipinski definition) is 2. The second-order valence-electron chi connectivity index (χ2n) is 4.16. The van der Waals surface area contributed by atoms with E-state index in [1.165, 1.54) is 0 Å². The molecule has 0 atom stereocenters. The highest BCUT2D eigenvalue weighted by Gasteiger charge is 2.07. The summed E-state index contributed by atoms with van der Waals surface area (Å²) in [6, 6.07) is 14.7. The molecule has 19 heavy (non-hydrogen) atoms.